The van der Waals surface area contributed by atoms with Crippen LogP contribution in [0.3, 0.4) is 0 Å². The van der Waals surface area contributed by atoms with Gasteiger partial charge in [-0.3, -0.25) is 4.90 Å². The van der Waals surface area contributed by atoms with Crippen LogP contribution >= 0.6 is 12.2 Å². The first-order valence-electron chi connectivity index (χ1n) is 4.68. The average molecular weight is 186 g/mol. The molecule has 0 aromatic rings. The van der Waals surface area contributed by atoms with Gasteiger partial charge in [0.05, 0.1) is 11.0 Å². The highest BCUT2D eigenvalue weighted by molar-refractivity contribution is 7.80. The van der Waals surface area contributed by atoms with E-state index in [0.29, 0.717) is 4.99 Å². The minimum absolute atomic E-state index is 0.288. The Morgan fingerprint density at radius 3 is 2.83 bits per heavy atom. The molecule has 0 aromatic heterocycles. The van der Waals surface area contributed by atoms with Crippen LogP contribution in [-0.4, -0.2) is 29.0 Å². The summed E-state index contributed by atoms with van der Waals surface area (Å²) in [5, 5.41) is 0. The van der Waals surface area contributed by atoms with Crippen molar-refractivity contribution in [2.45, 2.75) is 32.7 Å². The zero-order valence-corrected chi connectivity index (χ0v) is 8.73. The first kappa shape index (κ1) is 9.93. The number of nitrogens with zero attached hydrogens (tertiary/aromatic N) is 1. The van der Waals surface area contributed by atoms with Crippen LogP contribution in [0.2, 0.25) is 0 Å². The quantitative estimate of drug-likeness (QED) is 0.675. The molecule has 1 rings (SSSR count). The summed E-state index contributed by atoms with van der Waals surface area (Å²) in [6.07, 6.45) is 2.59. The highest BCUT2D eigenvalue weighted by Crippen LogP contribution is 2.20. The molecule has 1 heterocycles. The van der Waals surface area contributed by atoms with Crippen LogP contribution in [0.25, 0.3) is 0 Å². The number of rotatable bonds is 3. The predicted octanol–water partition coefficient (Wildman–Crippen LogP) is 1.39. The average Bonchev–Trinajstić information content (AvgIpc) is 2.50. The van der Waals surface area contributed by atoms with Gasteiger partial charge in [0, 0.05) is 6.54 Å². The number of thiocarbonyl (C=S) groups is 1. The number of likely N-dealkylation sites (tertiary alicyclic amines) is 1. The van der Waals surface area contributed by atoms with Gasteiger partial charge in [-0.1, -0.05) is 25.6 Å². The zero-order valence-electron chi connectivity index (χ0n) is 7.92. The number of hydrogen-bond donors (Lipinski definition) is 1. The van der Waals surface area contributed by atoms with E-state index >= 15 is 0 Å². The molecule has 0 saturated carbocycles. The molecular formula is C9H18N2S. The van der Waals surface area contributed by atoms with Crippen molar-refractivity contribution < 1.29 is 0 Å². The molecule has 0 spiro atoms. The second-order valence-corrected chi connectivity index (χ2v) is 4.11. The van der Waals surface area contributed by atoms with Crippen LogP contribution in [0, 0.1) is 5.92 Å². The van der Waals surface area contributed by atoms with Crippen LogP contribution in [0.4, 0.5) is 0 Å². The molecule has 1 saturated heterocycles. The Balaban J connectivity index is 2.41. The van der Waals surface area contributed by atoms with Crippen molar-refractivity contribution >= 4 is 17.2 Å². The fourth-order valence-electron chi connectivity index (χ4n) is 1.73. The molecule has 0 amide bonds. The van der Waals surface area contributed by atoms with E-state index in [4.69, 9.17) is 18.0 Å². The summed E-state index contributed by atoms with van der Waals surface area (Å²) in [4.78, 5) is 3.02. The lowest BCUT2D eigenvalue weighted by atomic mass is 10.1. The van der Waals surface area contributed by atoms with Crippen LogP contribution in [0.15, 0.2) is 0 Å². The fraction of sp³-hybridized carbons (Fsp3) is 0.889. The van der Waals surface area contributed by atoms with Gasteiger partial charge in [-0.25, -0.2) is 0 Å². The molecule has 1 aliphatic rings. The van der Waals surface area contributed by atoms with E-state index in [-0.39, 0.29) is 6.04 Å². The highest BCUT2D eigenvalue weighted by Gasteiger charge is 2.25. The van der Waals surface area contributed by atoms with E-state index in [1.165, 1.54) is 19.4 Å². The van der Waals surface area contributed by atoms with Gasteiger partial charge in [0.25, 0.3) is 0 Å². The number of hydrogen-bond acceptors (Lipinski definition) is 2. The van der Waals surface area contributed by atoms with Gasteiger partial charge >= 0.3 is 0 Å². The standard InChI is InChI=1S/C9H18N2S/c1-3-8-4-5-11(6-8)7(2)9(10)12/h7-8H,3-6H2,1-2H3,(H2,10,12). The predicted molar refractivity (Wildman–Crippen MR) is 56.2 cm³/mol. The Morgan fingerprint density at radius 2 is 2.42 bits per heavy atom. The van der Waals surface area contributed by atoms with Crippen molar-refractivity contribution in [3.05, 3.63) is 0 Å². The first-order chi connectivity index (χ1) is 5.65. The fourth-order valence-corrected chi connectivity index (χ4v) is 1.88. The molecule has 0 aromatic carbocycles. The van der Waals surface area contributed by atoms with Gasteiger partial charge in [-0.15, -0.1) is 0 Å². The van der Waals surface area contributed by atoms with Crippen molar-refractivity contribution in [1.82, 2.24) is 4.90 Å². The SMILES string of the molecule is CCC1CCN(C(C)C(N)=S)C1. The molecule has 70 valence electrons. The molecule has 3 heteroatoms. The summed E-state index contributed by atoms with van der Waals surface area (Å²) in [5.74, 6) is 0.863. The van der Waals surface area contributed by atoms with Gasteiger partial charge in [-0.2, -0.15) is 0 Å². The summed E-state index contributed by atoms with van der Waals surface area (Å²) in [7, 11) is 0. The largest absolute Gasteiger partial charge is 0.392 e. The van der Waals surface area contributed by atoms with E-state index in [1.54, 1.807) is 0 Å². The molecular weight excluding hydrogens is 168 g/mol. The molecule has 12 heavy (non-hydrogen) atoms. The third-order valence-corrected chi connectivity index (χ3v) is 3.20. The van der Waals surface area contributed by atoms with Crippen LogP contribution in [-0.2, 0) is 0 Å². The van der Waals surface area contributed by atoms with E-state index in [9.17, 15) is 0 Å². The molecule has 1 fully saturated rings. The van der Waals surface area contributed by atoms with Crippen molar-refractivity contribution in [2.75, 3.05) is 13.1 Å². The Bertz CT molecular complexity index is 170. The lowest BCUT2D eigenvalue weighted by molar-refractivity contribution is 0.301. The normalized spacial score (nSPS) is 27.3. The van der Waals surface area contributed by atoms with Crippen LogP contribution < -0.4 is 5.73 Å². The first-order valence-corrected chi connectivity index (χ1v) is 5.09. The molecule has 2 nitrogen and oxygen atoms in total. The van der Waals surface area contributed by atoms with Crippen LogP contribution in [0.5, 0.6) is 0 Å². The summed E-state index contributed by atoms with van der Waals surface area (Å²) < 4.78 is 0. The Hall–Kier alpha value is -0.150. The Labute approximate surface area is 80.1 Å². The van der Waals surface area contributed by atoms with Crippen molar-refractivity contribution in [3.8, 4) is 0 Å². The molecule has 0 aliphatic carbocycles. The molecule has 0 radical (unpaired) electrons. The lowest BCUT2D eigenvalue weighted by Gasteiger charge is -2.22. The summed E-state index contributed by atoms with van der Waals surface area (Å²) >= 11 is 4.97. The maximum Gasteiger partial charge on any atom is 0.0899 e. The smallest absolute Gasteiger partial charge is 0.0899 e. The molecule has 0 bridgehead atoms. The lowest BCUT2D eigenvalue weighted by Crippen LogP contribution is -2.40. The minimum Gasteiger partial charge on any atom is -0.392 e. The maximum atomic E-state index is 5.59. The number of nitrogens with two attached hydrogens (primary N) is 1. The molecule has 2 atom stereocenters. The highest BCUT2D eigenvalue weighted by atomic mass is 32.1. The van der Waals surface area contributed by atoms with Gasteiger partial charge < -0.3 is 5.73 Å². The summed E-state index contributed by atoms with van der Waals surface area (Å²) in [6.45, 7) is 6.69. The molecule has 1 aliphatic heterocycles. The summed E-state index contributed by atoms with van der Waals surface area (Å²) in [6, 6.07) is 0.288. The molecule has 2 N–H and O–H groups in total. The second kappa shape index (κ2) is 4.19. The zero-order chi connectivity index (χ0) is 9.14. The van der Waals surface area contributed by atoms with Gasteiger partial charge in [0.15, 0.2) is 0 Å². The van der Waals surface area contributed by atoms with Crippen molar-refractivity contribution in [2.24, 2.45) is 11.7 Å². The topological polar surface area (TPSA) is 29.3 Å². The summed E-state index contributed by atoms with van der Waals surface area (Å²) in [5.41, 5.74) is 5.59. The van der Waals surface area contributed by atoms with E-state index < -0.39 is 0 Å². The Kier molecular flexibility index (Phi) is 3.47. The van der Waals surface area contributed by atoms with E-state index in [0.717, 1.165) is 12.5 Å². The van der Waals surface area contributed by atoms with Gasteiger partial charge in [0.2, 0.25) is 0 Å². The van der Waals surface area contributed by atoms with E-state index in [2.05, 4.69) is 18.7 Å². The monoisotopic (exact) mass is 186 g/mol. The van der Waals surface area contributed by atoms with Crippen molar-refractivity contribution in [3.63, 3.8) is 0 Å². The third-order valence-electron chi connectivity index (χ3n) is 2.85. The maximum absolute atomic E-state index is 5.59. The van der Waals surface area contributed by atoms with Gasteiger partial charge in [0.1, 0.15) is 0 Å². The second-order valence-electron chi connectivity index (χ2n) is 3.64. The Morgan fingerprint density at radius 1 is 1.75 bits per heavy atom. The molecule has 2 unspecified atom stereocenters. The minimum atomic E-state index is 0.288. The van der Waals surface area contributed by atoms with E-state index in [1.807, 2.05) is 0 Å². The third kappa shape index (κ3) is 2.17. The van der Waals surface area contributed by atoms with Crippen molar-refractivity contribution in [1.29, 1.82) is 0 Å². The van der Waals surface area contributed by atoms with Crippen LogP contribution in [0.1, 0.15) is 26.7 Å². The van der Waals surface area contributed by atoms with Gasteiger partial charge in [-0.05, 0) is 25.8 Å².